The van der Waals surface area contributed by atoms with Gasteiger partial charge >= 0.3 is 0 Å². The fourth-order valence-corrected chi connectivity index (χ4v) is 3.81. The molecule has 1 N–H and O–H groups in total. The van der Waals surface area contributed by atoms with Gasteiger partial charge in [-0.2, -0.15) is 0 Å². The Hall–Kier alpha value is -2.73. The van der Waals surface area contributed by atoms with E-state index in [-0.39, 0.29) is 0 Å². The van der Waals surface area contributed by atoms with E-state index in [0.29, 0.717) is 5.02 Å². The van der Waals surface area contributed by atoms with Crippen LogP contribution < -0.4 is 10.2 Å². The van der Waals surface area contributed by atoms with Crippen LogP contribution in [0.1, 0.15) is 11.1 Å². The standard InChI is InChI=1S/C21H25ClN6/c1-14-12-18-19(13-15(14)2)26(4)21(25-18)24-16(3)27-8-10-28(11-9-27)20-17(22)6-5-7-23-20/h5-7,12-13H,3,8-11H2,1-2,4H3,(H,24,25). The maximum absolute atomic E-state index is 6.28. The molecule has 0 bridgehead atoms. The molecule has 1 aromatic carbocycles. The molecule has 28 heavy (non-hydrogen) atoms. The zero-order chi connectivity index (χ0) is 19.8. The first-order valence-corrected chi connectivity index (χ1v) is 9.82. The summed E-state index contributed by atoms with van der Waals surface area (Å²) in [6.45, 7) is 11.9. The lowest BCUT2D eigenvalue weighted by Crippen LogP contribution is -2.47. The molecule has 6 nitrogen and oxygen atoms in total. The molecule has 0 aliphatic carbocycles. The van der Waals surface area contributed by atoms with Crippen molar-refractivity contribution in [3.8, 4) is 0 Å². The van der Waals surface area contributed by atoms with Crippen molar-refractivity contribution >= 4 is 34.4 Å². The Bertz CT molecular complexity index is 1030. The van der Waals surface area contributed by atoms with Gasteiger partial charge in [0.15, 0.2) is 0 Å². The number of hydrogen-bond acceptors (Lipinski definition) is 5. The van der Waals surface area contributed by atoms with E-state index in [4.69, 9.17) is 16.6 Å². The summed E-state index contributed by atoms with van der Waals surface area (Å²) in [6.07, 6.45) is 1.78. The van der Waals surface area contributed by atoms with Gasteiger partial charge in [-0.15, -0.1) is 0 Å². The van der Waals surface area contributed by atoms with Crippen LogP contribution in [0, 0.1) is 13.8 Å². The molecule has 0 radical (unpaired) electrons. The van der Waals surface area contributed by atoms with Crippen molar-refractivity contribution in [3.63, 3.8) is 0 Å². The van der Waals surface area contributed by atoms with Crippen molar-refractivity contribution in [2.45, 2.75) is 13.8 Å². The van der Waals surface area contributed by atoms with Crippen LogP contribution >= 0.6 is 11.6 Å². The van der Waals surface area contributed by atoms with Crippen LogP contribution in [0.5, 0.6) is 0 Å². The molecule has 0 amide bonds. The molecule has 0 atom stereocenters. The molecule has 3 heterocycles. The highest BCUT2D eigenvalue weighted by molar-refractivity contribution is 6.32. The van der Waals surface area contributed by atoms with Crippen LogP contribution in [0.3, 0.4) is 0 Å². The molecule has 1 fully saturated rings. The average Bonchev–Trinajstić information content (AvgIpc) is 2.97. The third-order valence-corrected chi connectivity index (χ3v) is 5.75. The molecule has 3 aromatic rings. The molecule has 2 aromatic heterocycles. The highest BCUT2D eigenvalue weighted by atomic mass is 35.5. The summed E-state index contributed by atoms with van der Waals surface area (Å²) in [5.41, 5.74) is 4.63. The van der Waals surface area contributed by atoms with Gasteiger partial charge < -0.3 is 19.7 Å². The highest BCUT2D eigenvalue weighted by Gasteiger charge is 2.21. The summed E-state index contributed by atoms with van der Waals surface area (Å²) in [5, 5.41) is 4.09. The van der Waals surface area contributed by atoms with Crippen LogP contribution in [0.2, 0.25) is 5.02 Å². The monoisotopic (exact) mass is 396 g/mol. The Morgan fingerprint density at radius 2 is 1.86 bits per heavy atom. The Kier molecular flexibility index (Phi) is 4.89. The summed E-state index contributed by atoms with van der Waals surface area (Å²) in [5.74, 6) is 2.52. The Morgan fingerprint density at radius 3 is 2.57 bits per heavy atom. The Balaban J connectivity index is 1.44. The second-order valence-corrected chi connectivity index (χ2v) is 7.68. The van der Waals surface area contributed by atoms with Gasteiger partial charge in [0.1, 0.15) is 11.6 Å². The topological polar surface area (TPSA) is 49.2 Å². The molecule has 0 spiro atoms. The molecular weight excluding hydrogens is 372 g/mol. The summed E-state index contributed by atoms with van der Waals surface area (Å²) >= 11 is 6.28. The van der Waals surface area contributed by atoms with Gasteiger partial charge in [-0.25, -0.2) is 9.97 Å². The van der Waals surface area contributed by atoms with Crippen molar-refractivity contribution < 1.29 is 0 Å². The van der Waals surface area contributed by atoms with E-state index in [2.05, 4.69) is 57.2 Å². The Morgan fingerprint density at radius 1 is 1.14 bits per heavy atom. The van der Waals surface area contributed by atoms with Crippen LogP contribution in [-0.2, 0) is 7.05 Å². The summed E-state index contributed by atoms with van der Waals surface area (Å²) in [6, 6.07) is 8.05. The number of anilines is 2. The van der Waals surface area contributed by atoms with Crippen molar-refractivity contribution in [2.24, 2.45) is 7.05 Å². The second kappa shape index (κ2) is 7.36. The van der Waals surface area contributed by atoms with Crippen LogP contribution in [-0.4, -0.2) is 45.6 Å². The van der Waals surface area contributed by atoms with Crippen LogP contribution in [0.15, 0.2) is 42.9 Å². The lowest BCUT2D eigenvalue weighted by atomic mass is 10.1. The molecule has 0 unspecified atom stereocenters. The molecule has 1 aliphatic rings. The first-order valence-electron chi connectivity index (χ1n) is 9.44. The van der Waals surface area contributed by atoms with E-state index >= 15 is 0 Å². The zero-order valence-electron chi connectivity index (χ0n) is 16.5. The SMILES string of the molecule is C=C(Nc1nc2cc(C)c(C)cc2n1C)N1CCN(c2ncccc2Cl)CC1. The number of nitrogens with one attached hydrogen (secondary N) is 1. The maximum Gasteiger partial charge on any atom is 0.209 e. The molecule has 1 saturated heterocycles. The van der Waals surface area contributed by atoms with E-state index in [1.807, 2.05) is 19.2 Å². The Labute approximate surface area is 170 Å². The number of halogens is 1. The van der Waals surface area contributed by atoms with Gasteiger partial charge in [0.25, 0.3) is 0 Å². The minimum absolute atomic E-state index is 0.693. The van der Waals surface area contributed by atoms with Gasteiger partial charge in [0.2, 0.25) is 5.95 Å². The van der Waals surface area contributed by atoms with Gasteiger partial charge in [-0.3, -0.25) is 0 Å². The fourth-order valence-electron chi connectivity index (χ4n) is 3.57. The quantitative estimate of drug-likeness (QED) is 0.723. The first kappa shape index (κ1) is 18.6. The summed E-state index contributed by atoms with van der Waals surface area (Å²) < 4.78 is 2.08. The van der Waals surface area contributed by atoms with Crippen molar-refractivity contribution in [1.29, 1.82) is 0 Å². The maximum atomic E-state index is 6.28. The molecule has 146 valence electrons. The minimum atomic E-state index is 0.693. The van der Waals surface area contributed by atoms with E-state index in [0.717, 1.165) is 54.8 Å². The number of piperazine rings is 1. The number of benzene rings is 1. The third-order valence-electron chi connectivity index (χ3n) is 5.45. The second-order valence-electron chi connectivity index (χ2n) is 7.27. The van der Waals surface area contributed by atoms with Crippen LogP contribution in [0.4, 0.5) is 11.8 Å². The largest absolute Gasteiger partial charge is 0.355 e. The number of rotatable bonds is 4. The minimum Gasteiger partial charge on any atom is -0.355 e. The number of hydrogen-bond donors (Lipinski definition) is 1. The van der Waals surface area contributed by atoms with Crippen LogP contribution in [0.25, 0.3) is 11.0 Å². The number of pyridine rings is 1. The summed E-state index contributed by atoms with van der Waals surface area (Å²) in [7, 11) is 2.03. The average molecular weight is 397 g/mol. The number of nitrogens with zero attached hydrogens (tertiary/aromatic N) is 5. The van der Waals surface area contributed by atoms with Crippen molar-refractivity contribution in [1.82, 2.24) is 19.4 Å². The molecule has 7 heteroatoms. The number of imidazole rings is 1. The number of aromatic nitrogens is 3. The van der Waals surface area contributed by atoms with Crippen molar-refractivity contribution in [3.05, 3.63) is 59.0 Å². The fraction of sp³-hybridized carbons (Fsp3) is 0.333. The zero-order valence-corrected chi connectivity index (χ0v) is 17.3. The van der Waals surface area contributed by atoms with Gasteiger partial charge in [0.05, 0.1) is 16.1 Å². The molecule has 0 saturated carbocycles. The van der Waals surface area contributed by atoms with Gasteiger partial charge in [-0.1, -0.05) is 18.2 Å². The summed E-state index contributed by atoms with van der Waals surface area (Å²) in [4.78, 5) is 13.6. The predicted octanol–water partition coefficient (Wildman–Crippen LogP) is 3.94. The third kappa shape index (κ3) is 3.40. The number of fused-ring (bicyclic) bond motifs is 1. The van der Waals surface area contributed by atoms with E-state index in [1.165, 1.54) is 11.1 Å². The molecule has 1 aliphatic heterocycles. The predicted molar refractivity (Wildman–Crippen MR) is 116 cm³/mol. The molecule has 4 rings (SSSR count). The van der Waals surface area contributed by atoms with Gasteiger partial charge in [-0.05, 0) is 49.2 Å². The van der Waals surface area contributed by atoms with E-state index < -0.39 is 0 Å². The normalized spacial score (nSPS) is 14.6. The molecular formula is C21H25ClN6. The lowest BCUT2D eigenvalue weighted by molar-refractivity contribution is 0.324. The first-order chi connectivity index (χ1) is 13.4. The van der Waals surface area contributed by atoms with E-state index in [1.54, 1.807) is 6.20 Å². The number of aryl methyl sites for hydroxylation is 3. The highest BCUT2D eigenvalue weighted by Crippen LogP contribution is 2.25. The van der Waals surface area contributed by atoms with Gasteiger partial charge in [0, 0.05) is 39.4 Å². The lowest BCUT2D eigenvalue weighted by Gasteiger charge is -2.37. The van der Waals surface area contributed by atoms with Crippen molar-refractivity contribution in [2.75, 3.05) is 36.4 Å². The smallest absolute Gasteiger partial charge is 0.209 e. The van der Waals surface area contributed by atoms with E-state index in [9.17, 15) is 0 Å².